The van der Waals surface area contributed by atoms with Crippen LogP contribution in [0.1, 0.15) is 21.9 Å². The minimum absolute atomic E-state index is 0.270. The Hall–Kier alpha value is -4.72. The highest BCUT2D eigenvalue weighted by atomic mass is 16.5. The van der Waals surface area contributed by atoms with E-state index in [2.05, 4.69) is 54.8 Å². The van der Waals surface area contributed by atoms with E-state index in [0.29, 0.717) is 23.1 Å². The van der Waals surface area contributed by atoms with Crippen LogP contribution >= 0.6 is 0 Å². The molecule has 0 aliphatic heterocycles. The Morgan fingerprint density at radius 1 is 0.886 bits per heavy atom. The van der Waals surface area contributed by atoms with Crippen molar-refractivity contribution < 1.29 is 9.53 Å². The number of benzene rings is 2. The van der Waals surface area contributed by atoms with Crippen LogP contribution in [-0.2, 0) is 0 Å². The van der Waals surface area contributed by atoms with Crippen LogP contribution in [0.15, 0.2) is 72.9 Å². The van der Waals surface area contributed by atoms with Gasteiger partial charge in [-0.15, -0.1) is 0 Å². The Balaban J connectivity index is 1.36. The smallest absolute Gasteiger partial charge is 0.269 e. The average Bonchev–Trinajstić information content (AvgIpc) is 3.24. The van der Waals surface area contributed by atoms with Crippen molar-refractivity contribution in [1.82, 2.24) is 25.3 Å². The monoisotopic (exact) mass is 464 g/mol. The van der Waals surface area contributed by atoms with Crippen LogP contribution in [0.3, 0.4) is 0 Å². The predicted molar refractivity (Wildman–Crippen MR) is 136 cm³/mol. The van der Waals surface area contributed by atoms with Crippen LogP contribution in [-0.4, -0.2) is 32.9 Å². The summed E-state index contributed by atoms with van der Waals surface area (Å²) in [6, 6.07) is 21.2. The highest BCUT2D eigenvalue weighted by molar-refractivity contribution is 5.92. The normalized spacial score (nSPS) is 10.8. The lowest BCUT2D eigenvalue weighted by atomic mass is 10.0. The number of nitrogens with zero attached hydrogens (tertiary/aromatic N) is 3. The van der Waals surface area contributed by atoms with E-state index in [4.69, 9.17) is 4.74 Å². The molecule has 35 heavy (non-hydrogen) atoms. The largest absolute Gasteiger partial charge is 0.457 e. The summed E-state index contributed by atoms with van der Waals surface area (Å²) in [6.07, 6.45) is 1.54. The number of nitrogens with one attached hydrogen (secondary N) is 3. The Kier molecular flexibility index (Phi) is 5.85. The number of pyridine rings is 2. The van der Waals surface area contributed by atoms with Crippen LogP contribution in [0.2, 0.25) is 0 Å². The fourth-order valence-electron chi connectivity index (χ4n) is 3.89. The zero-order valence-electron chi connectivity index (χ0n) is 19.6. The maximum absolute atomic E-state index is 11.8. The van der Waals surface area contributed by atoms with Crippen LogP contribution in [0.5, 0.6) is 11.5 Å². The molecule has 0 fully saturated rings. The fraction of sp³-hybridized carbons (Fsp3) is 0.111. The van der Waals surface area contributed by atoms with Gasteiger partial charge in [-0.25, -0.2) is 4.98 Å². The number of aryl methyl sites for hydroxylation is 2. The zero-order valence-corrected chi connectivity index (χ0v) is 19.6. The van der Waals surface area contributed by atoms with Gasteiger partial charge in [0.05, 0.1) is 11.0 Å². The molecule has 0 atom stereocenters. The molecule has 0 unspecified atom stereocenters. The Labute approximate surface area is 202 Å². The number of carbonyl (C=O) groups excluding carboxylic acids is 1. The maximum atomic E-state index is 11.8. The van der Waals surface area contributed by atoms with Crippen molar-refractivity contribution in [2.45, 2.75) is 13.8 Å². The molecular formula is C27H24N6O2. The molecule has 0 aliphatic carbocycles. The molecule has 8 nitrogen and oxygen atoms in total. The number of hydrogen-bond acceptors (Lipinski definition) is 6. The van der Waals surface area contributed by atoms with Crippen molar-refractivity contribution >= 4 is 28.6 Å². The molecule has 0 spiro atoms. The van der Waals surface area contributed by atoms with Crippen molar-refractivity contribution in [2.75, 3.05) is 12.4 Å². The van der Waals surface area contributed by atoms with Gasteiger partial charge in [-0.1, -0.05) is 12.1 Å². The summed E-state index contributed by atoms with van der Waals surface area (Å²) in [5.74, 6) is 1.50. The molecule has 0 bridgehead atoms. The number of anilines is 2. The summed E-state index contributed by atoms with van der Waals surface area (Å²) in [5.41, 5.74) is 7.04. The first-order valence-corrected chi connectivity index (χ1v) is 11.2. The summed E-state index contributed by atoms with van der Waals surface area (Å²) in [7, 11) is 1.56. The molecule has 0 radical (unpaired) electrons. The molecule has 3 N–H and O–H groups in total. The van der Waals surface area contributed by atoms with Gasteiger partial charge in [0.1, 0.15) is 17.2 Å². The number of amides is 1. The third-order valence-electron chi connectivity index (χ3n) is 5.42. The molecule has 1 amide bonds. The van der Waals surface area contributed by atoms with Crippen LogP contribution < -0.4 is 15.4 Å². The van der Waals surface area contributed by atoms with Crippen molar-refractivity contribution in [3.63, 3.8) is 0 Å². The van der Waals surface area contributed by atoms with E-state index in [0.717, 1.165) is 39.2 Å². The zero-order chi connectivity index (χ0) is 24.4. The Bertz CT molecular complexity index is 1520. The number of carbonyl (C=O) groups is 1. The van der Waals surface area contributed by atoms with Crippen molar-refractivity contribution in [1.29, 1.82) is 0 Å². The highest BCUT2D eigenvalue weighted by Gasteiger charge is 2.09. The molecule has 0 aliphatic rings. The quantitative estimate of drug-likeness (QED) is 0.305. The average molecular weight is 465 g/mol. The number of H-pyrrole nitrogens is 1. The molecule has 0 saturated heterocycles. The van der Waals surface area contributed by atoms with Gasteiger partial charge in [-0.3, -0.25) is 14.8 Å². The molecular weight excluding hydrogens is 440 g/mol. The van der Waals surface area contributed by atoms with Gasteiger partial charge < -0.3 is 20.4 Å². The minimum atomic E-state index is -0.270. The topological polar surface area (TPSA) is 105 Å². The molecule has 3 aromatic heterocycles. The van der Waals surface area contributed by atoms with Gasteiger partial charge in [0.15, 0.2) is 0 Å². The van der Waals surface area contributed by atoms with Gasteiger partial charge in [-0.2, -0.15) is 0 Å². The van der Waals surface area contributed by atoms with Crippen molar-refractivity contribution in [3.05, 3.63) is 90.0 Å². The molecule has 8 heteroatoms. The number of ether oxygens (including phenoxy) is 1. The Morgan fingerprint density at radius 3 is 2.49 bits per heavy atom. The third kappa shape index (κ3) is 4.96. The molecule has 3 heterocycles. The van der Waals surface area contributed by atoms with Gasteiger partial charge in [-0.05, 0) is 67.4 Å². The number of aromatic amines is 1. The van der Waals surface area contributed by atoms with E-state index in [1.165, 1.54) is 0 Å². The second-order valence-electron chi connectivity index (χ2n) is 8.17. The third-order valence-corrected chi connectivity index (χ3v) is 5.42. The molecule has 2 aromatic carbocycles. The van der Waals surface area contributed by atoms with Gasteiger partial charge >= 0.3 is 0 Å². The summed E-state index contributed by atoms with van der Waals surface area (Å²) >= 11 is 0. The number of imidazole rings is 1. The first-order chi connectivity index (χ1) is 17.0. The van der Waals surface area contributed by atoms with Crippen molar-refractivity contribution in [2.24, 2.45) is 0 Å². The summed E-state index contributed by atoms with van der Waals surface area (Å²) in [4.78, 5) is 28.3. The Morgan fingerprint density at radius 2 is 1.69 bits per heavy atom. The van der Waals surface area contributed by atoms with Gasteiger partial charge in [0.2, 0.25) is 5.95 Å². The number of aromatic nitrogens is 4. The summed E-state index contributed by atoms with van der Waals surface area (Å²) in [5, 5.41) is 5.91. The summed E-state index contributed by atoms with van der Waals surface area (Å²) in [6.45, 7) is 4.00. The van der Waals surface area contributed by atoms with Crippen LogP contribution in [0.4, 0.5) is 11.6 Å². The minimum Gasteiger partial charge on any atom is -0.457 e. The van der Waals surface area contributed by atoms with E-state index in [-0.39, 0.29) is 5.91 Å². The number of hydrogen-bond donors (Lipinski definition) is 3. The lowest BCUT2D eigenvalue weighted by molar-refractivity contribution is 0.0958. The standard InChI is InChI=1S/C27H24N6O2/c1-16-11-19(12-17(2)30-16)18-5-4-6-20(13-18)31-27-32-23-8-7-21(14-24(23)33-27)35-22-9-10-29-25(15-22)26(34)28-3/h4-15H,1-3H3,(H,28,34)(H2,31,32,33). The van der Waals surface area contributed by atoms with E-state index in [1.807, 2.05) is 44.2 Å². The van der Waals surface area contributed by atoms with E-state index < -0.39 is 0 Å². The second-order valence-corrected chi connectivity index (χ2v) is 8.17. The fourth-order valence-corrected chi connectivity index (χ4v) is 3.89. The van der Waals surface area contributed by atoms with Crippen LogP contribution in [0.25, 0.3) is 22.2 Å². The van der Waals surface area contributed by atoms with Gasteiger partial charge in [0.25, 0.3) is 5.91 Å². The van der Waals surface area contributed by atoms with E-state index >= 15 is 0 Å². The number of fused-ring (bicyclic) bond motifs is 1. The van der Waals surface area contributed by atoms with Crippen LogP contribution in [0, 0.1) is 13.8 Å². The SMILES string of the molecule is CNC(=O)c1cc(Oc2ccc3nc(Nc4cccc(-c5cc(C)nc(C)c5)c4)[nH]c3c2)ccn1. The first kappa shape index (κ1) is 22.1. The second kappa shape index (κ2) is 9.26. The first-order valence-electron chi connectivity index (χ1n) is 11.2. The predicted octanol–water partition coefficient (Wildman–Crippen LogP) is 5.53. The van der Waals surface area contributed by atoms with E-state index in [1.54, 1.807) is 25.4 Å². The lowest BCUT2D eigenvalue weighted by Crippen LogP contribution is -2.18. The molecule has 174 valence electrons. The summed E-state index contributed by atoms with van der Waals surface area (Å²) < 4.78 is 5.94. The highest BCUT2D eigenvalue weighted by Crippen LogP contribution is 2.28. The molecule has 5 rings (SSSR count). The lowest BCUT2D eigenvalue weighted by Gasteiger charge is -2.08. The van der Waals surface area contributed by atoms with Crippen molar-refractivity contribution in [3.8, 4) is 22.6 Å². The van der Waals surface area contributed by atoms with E-state index in [9.17, 15) is 4.79 Å². The van der Waals surface area contributed by atoms with Gasteiger partial charge in [0, 0.05) is 42.5 Å². The molecule has 5 aromatic rings. The number of rotatable bonds is 6. The maximum Gasteiger partial charge on any atom is 0.269 e. The molecule has 0 saturated carbocycles.